The predicted octanol–water partition coefficient (Wildman–Crippen LogP) is 5.72. The Labute approximate surface area is 131 Å². The third kappa shape index (κ3) is 4.35. The van der Waals surface area contributed by atoms with Crippen molar-refractivity contribution in [1.29, 1.82) is 0 Å². The molecule has 0 aliphatic heterocycles. The Kier molecular flexibility index (Phi) is 5.95. The molecule has 2 rings (SSSR count). The number of hydrogen-bond donors (Lipinski definition) is 1. The van der Waals surface area contributed by atoms with E-state index in [1.165, 1.54) is 19.1 Å². The molecule has 0 spiro atoms. The lowest BCUT2D eigenvalue weighted by atomic mass is 10.1. The van der Waals surface area contributed by atoms with E-state index in [1.54, 1.807) is 11.3 Å². The zero-order valence-electron chi connectivity index (χ0n) is 11.2. The normalized spacial score (nSPS) is 12.6. The Balaban J connectivity index is 2.08. The molecule has 1 heterocycles. The molecule has 1 atom stereocenters. The van der Waals surface area contributed by atoms with Crippen LogP contribution in [0.2, 0.25) is 0 Å². The van der Waals surface area contributed by atoms with E-state index >= 15 is 0 Å². The van der Waals surface area contributed by atoms with E-state index in [-0.39, 0.29) is 0 Å². The van der Waals surface area contributed by atoms with Crippen LogP contribution in [0.3, 0.4) is 0 Å². The molecule has 0 aliphatic rings. The van der Waals surface area contributed by atoms with Gasteiger partial charge in [-0.2, -0.15) is 0 Å². The number of rotatable bonds is 6. The van der Waals surface area contributed by atoms with Gasteiger partial charge in [0.2, 0.25) is 0 Å². The first kappa shape index (κ1) is 15.1. The van der Waals surface area contributed by atoms with Gasteiger partial charge in [-0.25, -0.2) is 0 Å². The summed E-state index contributed by atoms with van der Waals surface area (Å²) in [4.78, 5) is 1.28. The average molecular weight is 356 g/mol. The lowest BCUT2D eigenvalue weighted by Gasteiger charge is -2.16. The molecule has 0 radical (unpaired) electrons. The second-order valence-electron chi connectivity index (χ2n) is 4.39. The summed E-state index contributed by atoms with van der Waals surface area (Å²) < 4.78 is 2.52. The van der Waals surface area contributed by atoms with E-state index in [0.29, 0.717) is 6.04 Å². The van der Waals surface area contributed by atoms with Crippen LogP contribution in [0.15, 0.2) is 49.3 Å². The summed E-state index contributed by atoms with van der Waals surface area (Å²) in [6.45, 7) is 5.46. The first-order valence-electron chi connectivity index (χ1n) is 6.45. The molecule has 1 nitrogen and oxygen atoms in total. The van der Waals surface area contributed by atoms with Crippen molar-refractivity contribution < 1.29 is 0 Å². The standard InChI is InChI=1S/C15H18BrNS2/c1-3-8-17-11(2)13-7-6-12(10-14(13)16)19-15-5-4-9-18-15/h4-7,9-11,17H,3,8H2,1-2H3. The van der Waals surface area contributed by atoms with Crippen molar-refractivity contribution in [2.45, 2.75) is 35.4 Å². The summed E-state index contributed by atoms with van der Waals surface area (Å²) in [7, 11) is 0. The largest absolute Gasteiger partial charge is 0.310 e. The minimum atomic E-state index is 0.384. The van der Waals surface area contributed by atoms with Crippen molar-refractivity contribution in [3.05, 3.63) is 45.7 Å². The van der Waals surface area contributed by atoms with E-state index in [0.717, 1.165) is 13.0 Å². The Morgan fingerprint density at radius 3 is 2.84 bits per heavy atom. The van der Waals surface area contributed by atoms with E-state index in [1.807, 2.05) is 11.8 Å². The van der Waals surface area contributed by atoms with Crippen LogP contribution >= 0.6 is 39.0 Å². The van der Waals surface area contributed by atoms with Gasteiger partial charge in [0.1, 0.15) is 0 Å². The fraction of sp³-hybridized carbons (Fsp3) is 0.333. The van der Waals surface area contributed by atoms with Gasteiger partial charge in [0.15, 0.2) is 0 Å². The van der Waals surface area contributed by atoms with Gasteiger partial charge in [-0.3, -0.25) is 0 Å². The van der Waals surface area contributed by atoms with Crippen LogP contribution in [0.1, 0.15) is 31.9 Å². The highest BCUT2D eigenvalue weighted by atomic mass is 79.9. The lowest BCUT2D eigenvalue weighted by molar-refractivity contribution is 0.568. The number of hydrogen-bond acceptors (Lipinski definition) is 3. The first-order valence-corrected chi connectivity index (χ1v) is 8.93. The summed E-state index contributed by atoms with van der Waals surface area (Å²) in [6, 6.07) is 11.3. The molecule has 4 heteroatoms. The number of nitrogens with one attached hydrogen (secondary N) is 1. The summed E-state index contributed by atoms with van der Waals surface area (Å²) in [5.41, 5.74) is 1.32. The fourth-order valence-corrected chi connectivity index (χ4v) is 4.49. The van der Waals surface area contributed by atoms with Gasteiger partial charge in [-0.05, 0) is 49.0 Å². The lowest BCUT2D eigenvalue weighted by Crippen LogP contribution is -2.19. The smallest absolute Gasteiger partial charge is 0.0646 e. The van der Waals surface area contributed by atoms with Gasteiger partial charge < -0.3 is 5.32 Å². The molecule has 0 amide bonds. The Bertz CT molecular complexity index is 511. The van der Waals surface area contributed by atoms with Crippen molar-refractivity contribution in [3.8, 4) is 0 Å². The molecular formula is C15H18BrNS2. The van der Waals surface area contributed by atoms with Gasteiger partial charge in [0.25, 0.3) is 0 Å². The summed E-state index contributed by atoms with van der Waals surface area (Å²) in [6.07, 6.45) is 1.16. The van der Waals surface area contributed by atoms with E-state index in [4.69, 9.17) is 0 Å². The van der Waals surface area contributed by atoms with Gasteiger partial charge in [0, 0.05) is 15.4 Å². The van der Waals surface area contributed by atoms with Crippen LogP contribution in [0, 0.1) is 0 Å². The van der Waals surface area contributed by atoms with E-state index in [9.17, 15) is 0 Å². The topological polar surface area (TPSA) is 12.0 Å². The van der Waals surface area contributed by atoms with Crippen LogP contribution in [0.4, 0.5) is 0 Å². The second-order valence-corrected chi connectivity index (χ2v) is 7.57. The van der Waals surface area contributed by atoms with Crippen LogP contribution in [-0.2, 0) is 0 Å². The zero-order valence-corrected chi connectivity index (χ0v) is 14.4. The molecule has 2 aromatic rings. The molecule has 1 aromatic carbocycles. The Morgan fingerprint density at radius 2 is 2.21 bits per heavy atom. The molecule has 1 unspecified atom stereocenters. The van der Waals surface area contributed by atoms with Crippen LogP contribution < -0.4 is 5.32 Å². The van der Waals surface area contributed by atoms with Crippen molar-refractivity contribution in [2.75, 3.05) is 6.54 Å². The number of benzene rings is 1. The Hall–Kier alpha value is -0.290. The number of halogens is 1. The van der Waals surface area contributed by atoms with Crippen molar-refractivity contribution in [3.63, 3.8) is 0 Å². The monoisotopic (exact) mass is 355 g/mol. The minimum absolute atomic E-state index is 0.384. The molecule has 0 saturated carbocycles. The highest BCUT2D eigenvalue weighted by Gasteiger charge is 2.09. The molecule has 0 saturated heterocycles. The van der Waals surface area contributed by atoms with Crippen molar-refractivity contribution in [1.82, 2.24) is 5.32 Å². The molecular weight excluding hydrogens is 338 g/mol. The third-order valence-corrected chi connectivity index (χ3v) is 5.57. The molecule has 102 valence electrons. The number of thiophene rings is 1. The molecule has 0 bridgehead atoms. The minimum Gasteiger partial charge on any atom is -0.310 e. The average Bonchev–Trinajstić information content (AvgIpc) is 2.89. The van der Waals surface area contributed by atoms with Crippen molar-refractivity contribution >= 4 is 39.0 Å². The second kappa shape index (κ2) is 7.48. The predicted molar refractivity (Wildman–Crippen MR) is 89.3 cm³/mol. The SMILES string of the molecule is CCCNC(C)c1ccc(Sc2cccs2)cc1Br. The highest BCUT2D eigenvalue weighted by molar-refractivity contribution is 9.10. The summed E-state index contributed by atoms with van der Waals surface area (Å²) >= 11 is 7.29. The first-order chi connectivity index (χ1) is 9.20. The molecule has 19 heavy (non-hydrogen) atoms. The maximum atomic E-state index is 3.69. The Morgan fingerprint density at radius 1 is 1.37 bits per heavy atom. The fourth-order valence-electron chi connectivity index (χ4n) is 1.83. The zero-order chi connectivity index (χ0) is 13.7. The third-order valence-electron chi connectivity index (χ3n) is 2.85. The quantitative estimate of drug-likeness (QED) is 0.710. The van der Waals surface area contributed by atoms with Gasteiger partial charge in [0.05, 0.1) is 4.21 Å². The molecule has 1 N–H and O–H groups in total. The summed E-state index contributed by atoms with van der Waals surface area (Å²) in [5.74, 6) is 0. The van der Waals surface area contributed by atoms with E-state index < -0.39 is 0 Å². The van der Waals surface area contributed by atoms with Crippen LogP contribution in [0.5, 0.6) is 0 Å². The van der Waals surface area contributed by atoms with Gasteiger partial charge in [-0.1, -0.05) is 46.7 Å². The van der Waals surface area contributed by atoms with Crippen molar-refractivity contribution in [2.24, 2.45) is 0 Å². The van der Waals surface area contributed by atoms with E-state index in [2.05, 4.69) is 70.8 Å². The maximum absolute atomic E-state index is 3.69. The highest BCUT2D eigenvalue weighted by Crippen LogP contribution is 2.34. The van der Waals surface area contributed by atoms with Gasteiger partial charge >= 0.3 is 0 Å². The molecule has 0 aliphatic carbocycles. The summed E-state index contributed by atoms with van der Waals surface area (Å²) in [5, 5.41) is 5.63. The van der Waals surface area contributed by atoms with Crippen LogP contribution in [0.25, 0.3) is 0 Å². The molecule has 0 fully saturated rings. The maximum Gasteiger partial charge on any atom is 0.0646 e. The van der Waals surface area contributed by atoms with Crippen LogP contribution in [-0.4, -0.2) is 6.54 Å². The van der Waals surface area contributed by atoms with Gasteiger partial charge in [-0.15, -0.1) is 11.3 Å². The molecule has 1 aromatic heterocycles.